The Bertz CT molecular complexity index is 3490. The number of aromatic nitrogens is 3. The second-order valence-electron chi connectivity index (χ2n) is 16.5. The van der Waals surface area contributed by atoms with Crippen molar-refractivity contribution >= 4 is 54.3 Å². The van der Waals surface area contributed by atoms with Crippen LogP contribution in [-0.2, 0) is 10.8 Å². The fraction of sp³-hybridized carbons (Fsp3) is 0.105. The van der Waals surface area contributed by atoms with Crippen LogP contribution in [0.15, 0.2) is 193 Å². The topological polar surface area (TPSA) is 51.8 Å². The van der Waals surface area contributed by atoms with E-state index in [2.05, 4.69) is 110 Å². The van der Waals surface area contributed by atoms with Crippen LogP contribution in [0.4, 0.5) is 0 Å². The maximum Gasteiger partial charge on any atom is 0.144 e. The van der Waals surface area contributed by atoms with Gasteiger partial charge in [-0.1, -0.05) is 121 Å². The smallest absolute Gasteiger partial charge is 0.144 e. The van der Waals surface area contributed by atoms with Crippen molar-refractivity contribution in [3.8, 4) is 11.3 Å². The van der Waals surface area contributed by atoms with Gasteiger partial charge in [0.25, 0.3) is 0 Å². The number of fused-ring (bicyclic) bond motifs is 8. The molecule has 61 heavy (non-hydrogen) atoms. The molecule has 1 unspecified atom stereocenters. The molecular weight excluding hydrogens is 743 g/mol. The Labute approximate surface area is 359 Å². The van der Waals surface area contributed by atoms with Gasteiger partial charge in [-0.25, -0.2) is 0 Å². The maximum atomic E-state index is 8.97. The molecule has 0 fully saturated rings. The van der Waals surface area contributed by atoms with Crippen molar-refractivity contribution in [1.29, 1.82) is 0 Å². The second-order valence-corrected chi connectivity index (χ2v) is 16.5. The van der Waals surface area contributed by atoms with Crippen molar-refractivity contribution in [3.05, 3.63) is 233 Å². The molecule has 0 aliphatic heterocycles. The van der Waals surface area contributed by atoms with Crippen LogP contribution in [-0.4, -0.2) is 15.0 Å². The predicted octanol–water partition coefficient (Wildman–Crippen LogP) is 14.2. The molecule has 4 heterocycles. The third-order valence-corrected chi connectivity index (χ3v) is 13.0. The van der Waals surface area contributed by atoms with Crippen LogP contribution in [0, 0.1) is 13.8 Å². The van der Waals surface area contributed by atoms with Crippen molar-refractivity contribution in [2.45, 2.75) is 38.5 Å². The Morgan fingerprint density at radius 3 is 1.82 bits per heavy atom. The zero-order chi connectivity index (χ0) is 43.8. The van der Waals surface area contributed by atoms with Crippen molar-refractivity contribution < 1.29 is 8.53 Å². The molecular formula is C57H43N3O. The van der Waals surface area contributed by atoms with Crippen molar-refractivity contribution in [1.82, 2.24) is 15.0 Å². The summed E-state index contributed by atoms with van der Waals surface area (Å²) < 4.78 is 34.0. The maximum absolute atomic E-state index is 8.97. The van der Waals surface area contributed by atoms with Crippen LogP contribution in [0.3, 0.4) is 0 Å². The van der Waals surface area contributed by atoms with Crippen LogP contribution < -0.4 is 0 Å². The molecule has 0 radical (unpaired) electrons. The van der Waals surface area contributed by atoms with Gasteiger partial charge in [0.1, 0.15) is 11.2 Å². The largest absolute Gasteiger partial charge is 0.455 e. The first-order chi connectivity index (χ1) is 31.0. The van der Waals surface area contributed by atoms with Gasteiger partial charge >= 0.3 is 0 Å². The monoisotopic (exact) mass is 788 g/mol. The van der Waals surface area contributed by atoms with Crippen LogP contribution in [0.5, 0.6) is 0 Å². The molecule has 4 heteroatoms. The van der Waals surface area contributed by atoms with Crippen molar-refractivity contribution in [3.63, 3.8) is 0 Å². The SMILES string of the molecule is [2H]C([2H])([2H])c1c(C)cc(-c2cc(C(C)(c3ccccc3)c3ccccn3)cc3c2oc2cc4ccc5ccc6ccccc6c5c4cc23)nc1[C@](C)(c1ccccc1)c1ccccn1. The molecule has 292 valence electrons. The van der Waals surface area contributed by atoms with Gasteiger partial charge < -0.3 is 4.42 Å². The van der Waals surface area contributed by atoms with Gasteiger partial charge in [0.15, 0.2) is 0 Å². The summed E-state index contributed by atoms with van der Waals surface area (Å²) >= 11 is 0. The molecule has 0 saturated carbocycles. The number of hydrogen-bond donors (Lipinski definition) is 0. The van der Waals surface area contributed by atoms with Gasteiger partial charge in [0.05, 0.1) is 33.6 Å². The van der Waals surface area contributed by atoms with Gasteiger partial charge in [-0.3, -0.25) is 15.0 Å². The lowest BCUT2D eigenvalue weighted by atomic mass is 9.72. The average molecular weight is 789 g/mol. The molecule has 0 N–H and O–H groups in total. The fourth-order valence-electron chi connectivity index (χ4n) is 9.58. The zero-order valence-corrected chi connectivity index (χ0v) is 34.1. The molecule has 0 bridgehead atoms. The third kappa shape index (κ3) is 5.70. The Hall–Kier alpha value is -7.43. The number of pyridine rings is 3. The summed E-state index contributed by atoms with van der Waals surface area (Å²) in [4.78, 5) is 15.4. The lowest BCUT2D eigenvalue weighted by molar-refractivity contribution is 0.635. The number of benzene rings is 7. The second kappa shape index (κ2) is 14.1. The molecule has 0 spiro atoms. The van der Waals surface area contributed by atoms with E-state index >= 15 is 0 Å². The van der Waals surface area contributed by atoms with E-state index in [1.165, 1.54) is 21.5 Å². The molecule has 0 amide bonds. The number of rotatable bonds is 7. The summed E-state index contributed by atoms with van der Waals surface area (Å²) in [5, 5.41) is 8.86. The molecule has 4 aromatic heterocycles. The molecule has 2 atom stereocenters. The van der Waals surface area contributed by atoms with E-state index in [0.717, 1.165) is 55.1 Å². The number of hydrogen-bond acceptors (Lipinski definition) is 4. The lowest BCUT2D eigenvalue weighted by Gasteiger charge is -2.32. The molecule has 11 aromatic rings. The first kappa shape index (κ1) is 33.4. The fourth-order valence-corrected chi connectivity index (χ4v) is 9.58. The Morgan fingerprint density at radius 1 is 0.508 bits per heavy atom. The molecule has 0 aliphatic rings. The van der Waals surface area contributed by atoms with Gasteiger partial charge in [0, 0.05) is 32.8 Å². The number of nitrogens with zero attached hydrogens (tertiary/aromatic N) is 3. The van der Waals surface area contributed by atoms with Gasteiger partial charge in [-0.2, -0.15) is 0 Å². The number of aryl methyl sites for hydroxylation is 1. The minimum atomic E-state index is -2.48. The molecule has 11 rings (SSSR count). The molecule has 7 aromatic carbocycles. The van der Waals surface area contributed by atoms with Gasteiger partial charge in [-0.15, -0.1) is 0 Å². The van der Waals surface area contributed by atoms with Crippen molar-refractivity contribution in [2.75, 3.05) is 0 Å². The predicted molar refractivity (Wildman–Crippen MR) is 251 cm³/mol. The van der Waals surface area contributed by atoms with Gasteiger partial charge in [0.2, 0.25) is 0 Å². The first-order valence-corrected chi connectivity index (χ1v) is 20.8. The minimum absolute atomic E-state index is 0.207. The normalized spacial score (nSPS) is 14.8. The lowest BCUT2D eigenvalue weighted by Crippen LogP contribution is -2.29. The Balaban J connectivity index is 1.28. The van der Waals surface area contributed by atoms with E-state index < -0.39 is 17.7 Å². The summed E-state index contributed by atoms with van der Waals surface area (Å²) in [6.45, 7) is 3.66. The summed E-state index contributed by atoms with van der Waals surface area (Å²) in [6.07, 6.45) is 3.60. The van der Waals surface area contributed by atoms with E-state index in [1.54, 1.807) is 6.20 Å². The Kier molecular flexibility index (Phi) is 7.72. The first-order valence-electron chi connectivity index (χ1n) is 22.3. The highest BCUT2D eigenvalue weighted by Gasteiger charge is 2.38. The van der Waals surface area contributed by atoms with Crippen LogP contribution in [0.1, 0.15) is 62.9 Å². The Morgan fingerprint density at radius 2 is 1.13 bits per heavy atom. The summed E-state index contributed by atoms with van der Waals surface area (Å²) in [5.74, 6) is 0. The summed E-state index contributed by atoms with van der Waals surface area (Å²) in [7, 11) is 0. The highest BCUT2D eigenvalue weighted by molar-refractivity contribution is 6.24. The van der Waals surface area contributed by atoms with E-state index in [4.69, 9.17) is 23.5 Å². The van der Waals surface area contributed by atoms with E-state index in [0.29, 0.717) is 28.2 Å². The average Bonchev–Trinajstić information content (AvgIpc) is 3.70. The zero-order valence-electron chi connectivity index (χ0n) is 37.1. The minimum Gasteiger partial charge on any atom is -0.455 e. The van der Waals surface area contributed by atoms with Gasteiger partial charge in [-0.05, 0) is 142 Å². The summed E-state index contributed by atoms with van der Waals surface area (Å²) in [5.41, 5.74) is 6.73. The van der Waals surface area contributed by atoms with Crippen molar-refractivity contribution in [2.24, 2.45) is 0 Å². The van der Waals surface area contributed by atoms with Crippen LogP contribution in [0.2, 0.25) is 0 Å². The number of furan rings is 1. The molecule has 0 saturated heterocycles. The molecule has 4 nitrogen and oxygen atoms in total. The van der Waals surface area contributed by atoms with Crippen LogP contribution >= 0.6 is 0 Å². The van der Waals surface area contributed by atoms with E-state index in [-0.39, 0.29) is 5.56 Å². The highest BCUT2D eigenvalue weighted by Crippen LogP contribution is 2.47. The standard InChI is InChI=1S/C57H43N3O/c1-36-31-49(60-55(37(36)2)57(4,42-20-9-6-10-21-42)52-24-14-16-30-59-52)48-34-43(56(3,41-18-7-5-8-19-41)51-23-13-15-29-58-51)33-47-46-35-45-40(32-50(46)61-54(47)48)28-27-39-26-25-38-17-11-12-22-44(38)53(39)45/h5-35H,1-4H3/t56?,57-/m1/s1/i2D3. The summed E-state index contributed by atoms with van der Waals surface area (Å²) in [6, 6.07) is 60.3. The quantitative estimate of drug-likeness (QED) is 0.151. The third-order valence-electron chi connectivity index (χ3n) is 13.0. The van der Waals surface area contributed by atoms with E-state index in [1.807, 2.05) is 92.8 Å². The molecule has 0 aliphatic carbocycles. The highest BCUT2D eigenvalue weighted by atomic mass is 16.3. The van der Waals surface area contributed by atoms with E-state index in [9.17, 15) is 0 Å². The van der Waals surface area contributed by atoms with Crippen LogP contribution in [0.25, 0.3) is 65.5 Å².